The molecular weight excluding hydrogens is 392 g/mol. The number of halogens is 5. The molecule has 27 heavy (non-hydrogen) atoms. The van der Waals surface area contributed by atoms with Crippen molar-refractivity contribution in [3.8, 4) is 6.07 Å². The van der Waals surface area contributed by atoms with Crippen LogP contribution in [0.1, 0.15) is 30.9 Å². The first-order valence-corrected chi connectivity index (χ1v) is 7.92. The molecule has 0 amide bonds. The first-order valence-electron chi connectivity index (χ1n) is 7.54. The normalized spacial score (nSPS) is 17.5. The van der Waals surface area contributed by atoms with E-state index in [2.05, 4.69) is 0 Å². The molecule has 0 spiro atoms. The number of ether oxygens (including phenoxy) is 2. The van der Waals surface area contributed by atoms with E-state index in [1.165, 1.54) is 13.8 Å². The van der Waals surface area contributed by atoms with Crippen LogP contribution in [0.5, 0.6) is 0 Å². The molecule has 0 saturated heterocycles. The third kappa shape index (κ3) is 3.85. The molecule has 0 aliphatic carbocycles. The van der Waals surface area contributed by atoms with Crippen molar-refractivity contribution in [3.05, 3.63) is 56.9 Å². The molecule has 5 nitrogen and oxygen atoms in total. The Bertz CT molecular complexity index is 901. The van der Waals surface area contributed by atoms with Crippen LogP contribution in [0, 0.1) is 17.1 Å². The highest BCUT2D eigenvalue weighted by Gasteiger charge is 2.40. The third-order valence-electron chi connectivity index (χ3n) is 3.79. The summed E-state index contributed by atoms with van der Waals surface area (Å²) in [6.45, 7) is 2.84. The second-order valence-electron chi connectivity index (χ2n) is 5.48. The lowest BCUT2D eigenvalue weighted by Gasteiger charge is -2.27. The number of hydrogen-bond donors (Lipinski definition) is 1. The van der Waals surface area contributed by atoms with Gasteiger partial charge in [-0.1, -0.05) is 11.6 Å². The Morgan fingerprint density at radius 1 is 1.44 bits per heavy atom. The van der Waals surface area contributed by atoms with Crippen LogP contribution < -0.4 is 5.73 Å². The summed E-state index contributed by atoms with van der Waals surface area (Å²) in [7, 11) is 0. The Labute approximate surface area is 156 Å². The first-order chi connectivity index (χ1) is 12.5. The zero-order chi connectivity index (χ0) is 20.5. The van der Waals surface area contributed by atoms with Gasteiger partial charge in [-0.15, -0.1) is 0 Å². The van der Waals surface area contributed by atoms with Crippen molar-refractivity contribution in [3.63, 3.8) is 0 Å². The van der Waals surface area contributed by atoms with Gasteiger partial charge in [0.25, 0.3) is 0 Å². The van der Waals surface area contributed by atoms with Crippen molar-refractivity contribution >= 4 is 17.6 Å². The zero-order valence-electron chi connectivity index (χ0n) is 14.1. The van der Waals surface area contributed by atoms with Crippen molar-refractivity contribution in [2.75, 3.05) is 6.61 Å². The Morgan fingerprint density at radius 2 is 2.07 bits per heavy atom. The van der Waals surface area contributed by atoms with E-state index in [0.717, 1.165) is 6.07 Å². The van der Waals surface area contributed by atoms with E-state index in [9.17, 15) is 27.6 Å². The number of nitrogens with zero attached hydrogens (tertiary/aromatic N) is 1. The molecule has 0 aromatic heterocycles. The average Bonchev–Trinajstić information content (AvgIpc) is 2.55. The first kappa shape index (κ1) is 20.6. The Hall–Kier alpha value is -2.73. The van der Waals surface area contributed by atoms with Crippen molar-refractivity contribution < 1.29 is 31.8 Å². The highest BCUT2D eigenvalue weighted by molar-refractivity contribution is 6.30. The van der Waals surface area contributed by atoms with Crippen LogP contribution in [0.3, 0.4) is 0 Å². The van der Waals surface area contributed by atoms with Crippen LogP contribution in [-0.4, -0.2) is 12.6 Å². The zero-order valence-corrected chi connectivity index (χ0v) is 14.8. The Morgan fingerprint density at radius 3 is 2.59 bits per heavy atom. The quantitative estimate of drug-likeness (QED) is 0.604. The van der Waals surface area contributed by atoms with Crippen molar-refractivity contribution in [1.82, 2.24) is 0 Å². The lowest BCUT2D eigenvalue weighted by Crippen LogP contribution is -2.26. The van der Waals surface area contributed by atoms with Crippen LogP contribution in [0.4, 0.5) is 17.6 Å². The highest BCUT2D eigenvalue weighted by atomic mass is 35.5. The number of esters is 1. The minimum Gasteiger partial charge on any atom is -0.463 e. The molecule has 0 bridgehead atoms. The van der Waals surface area contributed by atoms with Crippen molar-refractivity contribution in [2.24, 2.45) is 5.73 Å². The van der Waals surface area contributed by atoms with Crippen molar-refractivity contribution in [1.29, 1.82) is 5.26 Å². The molecule has 1 unspecified atom stereocenters. The number of allylic oxidation sites excluding steroid dienone is 2. The van der Waals surface area contributed by atoms with Gasteiger partial charge in [0.2, 0.25) is 5.88 Å². The molecule has 2 rings (SSSR count). The lowest BCUT2D eigenvalue weighted by atomic mass is 9.82. The van der Waals surface area contributed by atoms with E-state index < -0.39 is 34.5 Å². The molecule has 1 atom stereocenters. The number of nitrogens with two attached hydrogens (primary N) is 1. The largest absolute Gasteiger partial charge is 0.463 e. The maximum atomic E-state index is 13.9. The van der Waals surface area contributed by atoms with Crippen LogP contribution in [0.25, 0.3) is 0 Å². The fourth-order valence-electron chi connectivity index (χ4n) is 2.67. The van der Waals surface area contributed by atoms with E-state index in [0.29, 0.717) is 6.07 Å². The van der Waals surface area contributed by atoms with Gasteiger partial charge in [0.1, 0.15) is 17.4 Å². The maximum absolute atomic E-state index is 13.9. The Kier molecular flexibility index (Phi) is 5.70. The minimum atomic E-state index is -5.04. The molecular formula is C17H13ClF4N2O3. The standard InChI is InChI=1S/C17H13ClF4N2O3/c1-3-26-16(25)12-7(2)27-15(24)9(6-23)13(12)8-4-10(17(20,21)22)14(19)11(18)5-8/h4-5,13H,3,24H2,1-2H3. The highest BCUT2D eigenvalue weighted by Crippen LogP contribution is 2.43. The van der Waals surface area contributed by atoms with Crippen LogP contribution >= 0.6 is 11.6 Å². The lowest BCUT2D eigenvalue weighted by molar-refractivity contribution is -0.140. The summed E-state index contributed by atoms with van der Waals surface area (Å²) in [5.41, 5.74) is 3.23. The molecule has 0 fully saturated rings. The number of rotatable bonds is 3. The SMILES string of the molecule is CCOC(=O)C1=C(C)OC(N)=C(C#N)C1c1cc(Cl)c(F)c(C(F)(F)F)c1. The summed E-state index contributed by atoms with van der Waals surface area (Å²) in [6.07, 6.45) is -5.04. The number of alkyl halides is 3. The van der Waals surface area contributed by atoms with Gasteiger partial charge in [-0.25, -0.2) is 9.18 Å². The summed E-state index contributed by atoms with van der Waals surface area (Å²) in [5, 5.41) is 8.57. The van der Waals surface area contributed by atoms with Gasteiger partial charge in [0.05, 0.1) is 28.7 Å². The summed E-state index contributed by atoms with van der Waals surface area (Å²) >= 11 is 5.63. The van der Waals surface area contributed by atoms with Crippen LogP contribution in [-0.2, 0) is 20.4 Å². The average molecular weight is 405 g/mol. The predicted octanol–water partition coefficient (Wildman–Crippen LogP) is 4.14. The van der Waals surface area contributed by atoms with Gasteiger partial charge in [-0.05, 0) is 31.5 Å². The second kappa shape index (κ2) is 7.48. The fourth-order valence-corrected chi connectivity index (χ4v) is 2.90. The van der Waals surface area contributed by atoms with Crippen molar-refractivity contribution in [2.45, 2.75) is 25.9 Å². The predicted molar refractivity (Wildman–Crippen MR) is 86.4 cm³/mol. The van der Waals surface area contributed by atoms with Gasteiger partial charge >= 0.3 is 12.1 Å². The number of benzene rings is 1. The summed E-state index contributed by atoms with van der Waals surface area (Å²) in [4.78, 5) is 12.3. The molecule has 1 aromatic rings. The van der Waals surface area contributed by atoms with E-state index in [4.69, 9.17) is 26.8 Å². The molecule has 1 aromatic carbocycles. The molecule has 1 heterocycles. The van der Waals surface area contributed by atoms with E-state index in [1.54, 1.807) is 6.07 Å². The minimum absolute atomic E-state index is 0.0264. The van der Waals surface area contributed by atoms with E-state index in [-0.39, 0.29) is 35.0 Å². The topological polar surface area (TPSA) is 85.3 Å². The third-order valence-corrected chi connectivity index (χ3v) is 4.07. The van der Waals surface area contributed by atoms with E-state index in [1.807, 2.05) is 0 Å². The Balaban J connectivity index is 2.78. The summed E-state index contributed by atoms with van der Waals surface area (Å²) < 4.78 is 63.4. The monoisotopic (exact) mass is 404 g/mol. The summed E-state index contributed by atoms with van der Waals surface area (Å²) in [5.74, 6) is -4.36. The van der Waals surface area contributed by atoms with E-state index >= 15 is 0 Å². The number of hydrogen-bond acceptors (Lipinski definition) is 5. The number of nitriles is 1. The molecule has 2 N–H and O–H groups in total. The molecule has 1 aliphatic rings. The van der Waals surface area contributed by atoms with Crippen LogP contribution in [0.15, 0.2) is 34.9 Å². The van der Waals surface area contributed by atoms with Gasteiger partial charge in [-0.3, -0.25) is 0 Å². The molecule has 0 saturated carbocycles. The van der Waals surface area contributed by atoms with Gasteiger partial charge in [0, 0.05) is 0 Å². The van der Waals surface area contributed by atoms with Crippen LogP contribution in [0.2, 0.25) is 5.02 Å². The molecule has 10 heteroatoms. The molecule has 144 valence electrons. The number of carbonyl (C=O) groups is 1. The molecule has 1 aliphatic heterocycles. The second-order valence-corrected chi connectivity index (χ2v) is 5.88. The van der Waals surface area contributed by atoms with Gasteiger partial charge in [-0.2, -0.15) is 18.4 Å². The number of carbonyl (C=O) groups excluding carboxylic acids is 1. The van der Waals surface area contributed by atoms with Gasteiger partial charge in [0.15, 0.2) is 5.82 Å². The maximum Gasteiger partial charge on any atom is 0.419 e. The smallest absolute Gasteiger partial charge is 0.419 e. The molecule has 0 radical (unpaired) electrons. The summed E-state index contributed by atoms with van der Waals surface area (Å²) in [6, 6.07) is 3.09. The van der Waals surface area contributed by atoms with Gasteiger partial charge < -0.3 is 15.2 Å². The fraction of sp³-hybridized carbons (Fsp3) is 0.294.